The first-order valence-corrected chi connectivity index (χ1v) is 7.98. The number of rotatable bonds is 3. The summed E-state index contributed by atoms with van der Waals surface area (Å²) in [4.78, 5) is 6.72. The first-order valence-electron chi connectivity index (χ1n) is 7.98. The van der Waals surface area contributed by atoms with Crippen LogP contribution in [0, 0.1) is 11.3 Å². The Balaban J connectivity index is 1.88. The summed E-state index contributed by atoms with van der Waals surface area (Å²) < 4.78 is 0. The number of nitriles is 1. The van der Waals surface area contributed by atoms with Crippen LogP contribution >= 0.6 is 0 Å². The Kier molecular flexibility index (Phi) is 3.86. The third-order valence-corrected chi connectivity index (χ3v) is 4.83. The SMILES string of the molecule is CN(CC1(O)CCCC1)c1nc2c(cc1C#N)CCCC2. The van der Waals surface area contributed by atoms with Gasteiger partial charge in [-0.05, 0) is 50.2 Å². The molecule has 0 aromatic carbocycles. The fraction of sp³-hybridized carbons (Fsp3) is 0.647. The first-order chi connectivity index (χ1) is 10.1. The minimum Gasteiger partial charge on any atom is -0.388 e. The van der Waals surface area contributed by atoms with Gasteiger partial charge in [-0.2, -0.15) is 5.26 Å². The fourth-order valence-electron chi connectivity index (χ4n) is 3.70. The van der Waals surface area contributed by atoms with Crippen LogP contribution in [-0.2, 0) is 12.8 Å². The lowest BCUT2D eigenvalue weighted by molar-refractivity contribution is 0.0558. The highest BCUT2D eigenvalue weighted by atomic mass is 16.3. The van der Waals surface area contributed by atoms with Crippen molar-refractivity contribution < 1.29 is 5.11 Å². The monoisotopic (exact) mass is 285 g/mol. The lowest BCUT2D eigenvalue weighted by Gasteiger charge is -2.30. The summed E-state index contributed by atoms with van der Waals surface area (Å²) in [5.41, 5.74) is 2.40. The number of hydrogen-bond donors (Lipinski definition) is 1. The van der Waals surface area contributed by atoms with Gasteiger partial charge in [-0.15, -0.1) is 0 Å². The zero-order chi connectivity index (χ0) is 14.9. The predicted molar refractivity (Wildman–Crippen MR) is 82.3 cm³/mol. The Labute approximate surface area is 126 Å². The van der Waals surface area contributed by atoms with Crippen LogP contribution in [0.3, 0.4) is 0 Å². The van der Waals surface area contributed by atoms with Crippen molar-refractivity contribution in [2.24, 2.45) is 0 Å². The molecule has 0 unspecified atom stereocenters. The number of pyridine rings is 1. The summed E-state index contributed by atoms with van der Waals surface area (Å²) in [5, 5.41) is 20.0. The maximum absolute atomic E-state index is 10.6. The molecule has 0 saturated heterocycles. The Bertz CT molecular complexity index is 570. The van der Waals surface area contributed by atoms with E-state index in [9.17, 15) is 10.4 Å². The lowest BCUT2D eigenvalue weighted by atomic mass is 9.94. The quantitative estimate of drug-likeness (QED) is 0.927. The van der Waals surface area contributed by atoms with E-state index in [1.54, 1.807) is 0 Å². The van der Waals surface area contributed by atoms with Crippen LogP contribution in [0.25, 0.3) is 0 Å². The topological polar surface area (TPSA) is 60.1 Å². The second kappa shape index (κ2) is 5.65. The Morgan fingerprint density at radius 2 is 2.00 bits per heavy atom. The molecule has 1 aromatic heterocycles. The number of aryl methyl sites for hydroxylation is 2. The summed E-state index contributed by atoms with van der Waals surface area (Å²) in [6.45, 7) is 0.563. The van der Waals surface area contributed by atoms with Crippen molar-refractivity contribution in [3.8, 4) is 6.07 Å². The van der Waals surface area contributed by atoms with Crippen LogP contribution in [0.5, 0.6) is 0 Å². The molecular weight excluding hydrogens is 262 g/mol. The van der Waals surface area contributed by atoms with Gasteiger partial charge in [0, 0.05) is 19.3 Å². The summed E-state index contributed by atoms with van der Waals surface area (Å²) in [6.07, 6.45) is 8.29. The minimum absolute atomic E-state index is 0.563. The van der Waals surface area contributed by atoms with Gasteiger partial charge in [0.05, 0.1) is 11.2 Å². The van der Waals surface area contributed by atoms with Gasteiger partial charge >= 0.3 is 0 Å². The van der Waals surface area contributed by atoms with Crippen LogP contribution in [0.1, 0.15) is 55.3 Å². The second-order valence-corrected chi connectivity index (χ2v) is 6.57. The van der Waals surface area contributed by atoms with Gasteiger partial charge in [0.2, 0.25) is 0 Å². The van der Waals surface area contributed by atoms with Crippen molar-refractivity contribution in [1.82, 2.24) is 4.98 Å². The van der Waals surface area contributed by atoms with Gasteiger partial charge in [-0.25, -0.2) is 4.98 Å². The average molecular weight is 285 g/mol. The smallest absolute Gasteiger partial charge is 0.146 e. The first kappa shape index (κ1) is 14.3. The van der Waals surface area contributed by atoms with Crippen LogP contribution in [-0.4, -0.2) is 29.3 Å². The molecule has 1 fully saturated rings. The fourth-order valence-corrected chi connectivity index (χ4v) is 3.70. The third kappa shape index (κ3) is 2.89. The third-order valence-electron chi connectivity index (χ3n) is 4.83. The molecule has 0 atom stereocenters. The molecule has 21 heavy (non-hydrogen) atoms. The van der Waals surface area contributed by atoms with E-state index in [1.807, 2.05) is 18.0 Å². The normalized spacial score (nSPS) is 19.9. The molecule has 0 spiro atoms. The molecule has 0 bridgehead atoms. The van der Waals surface area contributed by atoms with E-state index >= 15 is 0 Å². The number of fused-ring (bicyclic) bond motifs is 1. The van der Waals surface area contributed by atoms with Crippen molar-refractivity contribution >= 4 is 5.82 Å². The molecule has 1 heterocycles. The molecule has 112 valence electrons. The predicted octanol–water partition coefficient (Wildman–Crippen LogP) is 2.57. The molecular formula is C17H23N3O. The van der Waals surface area contributed by atoms with Gasteiger partial charge in [-0.3, -0.25) is 0 Å². The van der Waals surface area contributed by atoms with E-state index in [4.69, 9.17) is 4.98 Å². The van der Waals surface area contributed by atoms with E-state index in [0.717, 1.165) is 50.0 Å². The maximum atomic E-state index is 10.6. The number of anilines is 1. The minimum atomic E-state index is -0.612. The number of aliphatic hydroxyl groups is 1. The van der Waals surface area contributed by atoms with Crippen molar-refractivity contribution in [3.05, 3.63) is 22.9 Å². The van der Waals surface area contributed by atoms with E-state index in [-0.39, 0.29) is 0 Å². The number of nitrogens with zero attached hydrogens (tertiary/aromatic N) is 3. The molecule has 4 heteroatoms. The Morgan fingerprint density at radius 1 is 1.29 bits per heavy atom. The molecule has 2 aliphatic rings. The van der Waals surface area contributed by atoms with E-state index in [2.05, 4.69) is 6.07 Å². The highest BCUT2D eigenvalue weighted by Crippen LogP contribution is 2.32. The van der Waals surface area contributed by atoms with E-state index in [1.165, 1.54) is 18.4 Å². The Hall–Kier alpha value is -1.60. The molecule has 0 radical (unpaired) electrons. The van der Waals surface area contributed by atoms with Crippen molar-refractivity contribution in [3.63, 3.8) is 0 Å². The molecule has 4 nitrogen and oxygen atoms in total. The molecule has 0 amide bonds. The van der Waals surface area contributed by atoms with Crippen molar-refractivity contribution in [2.75, 3.05) is 18.5 Å². The van der Waals surface area contributed by atoms with Gasteiger partial charge in [-0.1, -0.05) is 12.8 Å². The molecule has 3 rings (SSSR count). The number of hydrogen-bond acceptors (Lipinski definition) is 4. The molecule has 2 aliphatic carbocycles. The molecule has 1 saturated carbocycles. The molecule has 0 aliphatic heterocycles. The van der Waals surface area contributed by atoms with Gasteiger partial charge in [0.25, 0.3) is 0 Å². The summed E-state index contributed by atoms with van der Waals surface area (Å²) >= 11 is 0. The summed E-state index contributed by atoms with van der Waals surface area (Å²) in [7, 11) is 1.94. The van der Waals surface area contributed by atoms with Crippen LogP contribution in [0.2, 0.25) is 0 Å². The molecule has 1 N–H and O–H groups in total. The Morgan fingerprint density at radius 3 is 2.71 bits per heavy atom. The maximum Gasteiger partial charge on any atom is 0.146 e. The largest absolute Gasteiger partial charge is 0.388 e. The second-order valence-electron chi connectivity index (χ2n) is 6.57. The standard InChI is InChI=1S/C17H23N3O/c1-20(12-17(21)8-4-5-9-17)16-14(11-18)10-13-6-2-3-7-15(13)19-16/h10,21H,2-9,12H2,1H3. The van der Waals surface area contributed by atoms with Crippen LogP contribution in [0.15, 0.2) is 6.07 Å². The summed E-state index contributed by atoms with van der Waals surface area (Å²) in [6, 6.07) is 4.28. The molecule has 1 aromatic rings. The van der Waals surface area contributed by atoms with E-state index < -0.39 is 5.60 Å². The highest BCUT2D eigenvalue weighted by molar-refractivity contribution is 5.56. The number of likely N-dealkylation sites (N-methyl/N-ethyl adjacent to an activating group) is 1. The zero-order valence-corrected chi connectivity index (χ0v) is 12.7. The van der Waals surface area contributed by atoms with Crippen LogP contribution in [0.4, 0.5) is 5.82 Å². The lowest BCUT2D eigenvalue weighted by Crippen LogP contribution is -2.40. The van der Waals surface area contributed by atoms with Gasteiger partial charge < -0.3 is 10.0 Å². The number of aromatic nitrogens is 1. The van der Waals surface area contributed by atoms with Gasteiger partial charge in [0.1, 0.15) is 11.9 Å². The van der Waals surface area contributed by atoms with E-state index in [0.29, 0.717) is 12.1 Å². The van der Waals surface area contributed by atoms with Gasteiger partial charge in [0.15, 0.2) is 0 Å². The zero-order valence-electron chi connectivity index (χ0n) is 12.7. The van der Waals surface area contributed by atoms with Crippen molar-refractivity contribution in [1.29, 1.82) is 5.26 Å². The summed E-state index contributed by atoms with van der Waals surface area (Å²) in [5.74, 6) is 0.735. The van der Waals surface area contributed by atoms with Crippen LogP contribution < -0.4 is 4.90 Å². The average Bonchev–Trinajstić information content (AvgIpc) is 2.92. The highest BCUT2D eigenvalue weighted by Gasteiger charge is 2.33. The van der Waals surface area contributed by atoms with Crippen molar-refractivity contribution in [2.45, 2.75) is 57.0 Å².